The maximum Gasteiger partial charge on any atom is 0.140 e. The normalized spacial score (nSPS) is 21.9. The summed E-state index contributed by atoms with van der Waals surface area (Å²) in [6, 6.07) is 4.63. The van der Waals surface area contributed by atoms with Crippen molar-refractivity contribution < 1.29 is 9.18 Å². The first kappa shape index (κ1) is 11.3. The summed E-state index contributed by atoms with van der Waals surface area (Å²) in [6.07, 6.45) is 1.44. The fourth-order valence-corrected chi connectivity index (χ4v) is 2.19. The van der Waals surface area contributed by atoms with Crippen molar-refractivity contribution in [3.63, 3.8) is 0 Å². The monoisotopic (exact) mass is 220 g/mol. The van der Waals surface area contributed by atoms with Crippen molar-refractivity contribution in [1.82, 2.24) is 0 Å². The predicted molar refractivity (Wildman–Crippen MR) is 61.7 cm³/mol. The molecule has 0 heterocycles. The summed E-state index contributed by atoms with van der Waals surface area (Å²) < 4.78 is 12.9. The Morgan fingerprint density at radius 2 is 2.12 bits per heavy atom. The number of carbonyl (C=O) groups is 1. The van der Waals surface area contributed by atoms with Crippen LogP contribution in [0.2, 0.25) is 0 Å². The van der Waals surface area contributed by atoms with Crippen molar-refractivity contribution in [2.75, 3.05) is 0 Å². The average Bonchev–Trinajstić information content (AvgIpc) is 2.80. The standard InChI is InChI=1S/C14H17FO/c1-9-6-11(15)5-4-10(9)7-13(16)12-8-14(12,2)3/h4-6,12H,7-8H2,1-3H3. The fraction of sp³-hybridized carbons (Fsp3) is 0.500. The smallest absolute Gasteiger partial charge is 0.140 e. The lowest BCUT2D eigenvalue weighted by molar-refractivity contribution is -0.120. The van der Waals surface area contributed by atoms with E-state index < -0.39 is 0 Å². The Bertz CT molecular complexity index is 434. The third kappa shape index (κ3) is 2.16. The van der Waals surface area contributed by atoms with Gasteiger partial charge in [0.05, 0.1) is 0 Å². The minimum atomic E-state index is -0.236. The van der Waals surface area contributed by atoms with E-state index >= 15 is 0 Å². The molecule has 0 N–H and O–H groups in total. The van der Waals surface area contributed by atoms with Gasteiger partial charge in [-0.3, -0.25) is 4.79 Å². The van der Waals surface area contributed by atoms with Gasteiger partial charge in [0.15, 0.2) is 0 Å². The van der Waals surface area contributed by atoms with Gasteiger partial charge in [-0.2, -0.15) is 0 Å². The second kappa shape index (κ2) is 3.69. The molecule has 0 bridgehead atoms. The number of aryl methyl sites for hydroxylation is 1. The minimum absolute atomic E-state index is 0.186. The second-order valence-corrected chi connectivity index (χ2v) is 5.46. The van der Waals surface area contributed by atoms with Gasteiger partial charge in [0.1, 0.15) is 11.6 Å². The van der Waals surface area contributed by atoms with E-state index in [9.17, 15) is 9.18 Å². The molecular formula is C14H17FO. The summed E-state index contributed by atoms with van der Waals surface area (Å²) in [7, 11) is 0. The van der Waals surface area contributed by atoms with E-state index in [-0.39, 0.29) is 17.2 Å². The van der Waals surface area contributed by atoms with Gasteiger partial charge in [-0.25, -0.2) is 4.39 Å². The summed E-state index contributed by atoms with van der Waals surface area (Å²) in [5, 5.41) is 0. The van der Waals surface area contributed by atoms with Crippen LogP contribution in [0, 0.1) is 24.1 Å². The number of ketones is 1. The van der Waals surface area contributed by atoms with Crippen LogP contribution >= 0.6 is 0 Å². The van der Waals surface area contributed by atoms with Gasteiger partial charge in [0, 0.05) is 12.3 Å². The van der Waals surface area contributed by atoms with Crippen LogP contribution in [0.15, 0.2) is 18.2 Å². The number of carbonyl (C=O) groups excluding carboxylic acids is 1. The fourth-order valence-electron chi connectivity index (χ4n) is 2.19. The Morgan fingerprint density at radius 3 is 2.62 bits per heavy atom. The van der Waals surface area contributed by atoms with E-state index in [0.29, 0.717) is 12.2 Å². The molecule has 1 nitrogen and oxygen atoms in total. The van der Waals surface area contributed by atoms with E-state index in [2.05, 4.69) is 13.8 Å². The maximum absolute atomic E-state index is 12.9. The largest absolute Gasteiger partial charge is 0.299 e. The van der Waals surface area contributed by atoms with Crippen LogP contribution in [0.5, 0.6) is 0 Å². The quantitative estimate of drug-likeness (QED) is 0.764. The van der Waals surface area contributed by atoms with Crippen LogP contribution in [0.1, 0.15) is 31.4 Å². The summed E-state index contributed by atoms with van der Waals surface area (Å²) in [5.74, 6) is 0.261. The molecule has 1 unspecified atom stereocenters. The van der Waals surface area contributed by atoms with E-state index in [0.717, 1.165) is 17.5 Å². The van der Waals surface area contributed by atoms with Crippen molar-refractivity contribution in [1.29, 1.82) is 0 Å². The molecule has 1 aliphatic rings. The van der Waals surface area contributed by atoms with E-state index in [1.54, 1.807) is 6.07 Å². The van der Waals surface area contributed by atoms with E-state index in [4.69, 9.17) is 0 Å². The Balaban J connectivity index is 2.07. The lowest BCUT2D eigenvalue weighted by Crippen LogP contribution is -2.10. The number of halogens is 1. The molecule has 0 aliphatic heterocycles. The van der Waals surface area contributed by atoms with Gasteiger partial charge in [-0.15, -0.1) is 0 Å². The zero-order valence-corrected chi connectivity index (χ0v) is 10.0. The average molecular weight is 220 g/mol. The lowest BCUT2D eigenvalue weighted by Gasteiger charge is -2.06. The molecule has 1 aromatic carbocycles. The third-order valence-electron chi connectivity index (χ3n) is 3.57. The molecule has 86 valence electrons. The highest BCUT2D eigenvalue weighted by atomic mass is 19.1. The third-order valence-corrected chi connectivity index (χ3v) is 3.57. The number of benzene rings is 1. The molecule has 0 aromatic heterocycles. The van der Waals surface area contributed by atoms with Crippen LogP contribution in [0.25, 0.3) is 0 Å². The first-order valence-electron chi connectivity index (χ1n) is 5.68. The van der Waals surface area contributed by atoms with Crippen molar-refractivity contribution in [3.8, 4) is 0 Å². The van der Waals surface area contributed by atoms with Crippen LogP contribution in [0.4, 0.5) is 4.39 Å². The number of rotatable bonds is 3. The maximum atomic E-state index is 12.9. The van der Waals surface area contributed by atoms with Gasteiger partial charge >= 0.3 is 0 Å². The molecule has 0 radical (unpaired) electrons. The summed E-state index contributed by atoms with van der Waals surface area (Å²) in [6.45, 7) is 6.09. The number of Topliss-reactive ketones (excluding diaryl/α,β-unsaturated/α-hetero) is 1. The molecule has 0 amide bonds. The minimum Gasteiger partial charge on any atom is -0.299 e. The van der Waals surface area contributed by atoms with Crippen molar-refractivity contribution >= 4 is 5.78 Å². The Hall–Kier alpha value is -1.18. The van der Waals surface area contributed by atoms with Gasteiger partial charge in [0.25, 0.3) is 0 Å². The Labute approximate surface area is 95.7 Å². The molecule has 0 saturated heterocycles. The lowest BCUT2D eigenvalue weighted by atomic mass is 9.98. The van der Waals surface area contributed by atoms with Gasteiger partial charge in [-0.1, -0.05) is 19.9 Å². The molecule has 1 saturated carbocycles. The highest BCUT2D eigenvalue weighted by Crippen LogP contribution is 2.52. The first-order valence-corrected chi connectivity index (χ1v) is 5.68. The highest BCUT2D eigenvalue weighted by Gasteiger charge is 2.49. The van der Waals surface area contributed by atoms with Crippen LogP contribution in [-0.4, -0.2) is 5.78 Å². The van der Waals surface area contributed by atoms with Crippen molar-refractivity contribution in [3.05, 3.63) is 35.1 Å². The van der Waals surface area contributed by atoms with Gasteiger partial charge < -0.3 is 0 Å². The van der Waals surface area contributed by atoms with Crippen LogP contribution in [0.3, 0.4) is 0 Å². The second-order valence-electron chi connectivity index (χ2n) is 5.46. The first-order chi connectivity index (χ1) is 7.40. The molecule has 2 rings (SSSR count). The van der Waals surface area contributed by atoms with E-state index in [1.165, 1.54) is 12.1 Å². The zero-order valence-electron chi connectivity index (χ0n) is 10.0. The summed E-state index contributed by atoms with van der Waals surface area (Å²) in [5.41, 5.74) is 2.01. The van der Waals surface area contributed by atoms with E-state index in [1.807, 2.05) is 6.92 Å². The molecule has 1 fully saturated rings. The van der Waals surface area contributed by atoms with Gasteiger partial charge in [0.2, 0.25) is 0 Å². The predicted octanol–water partition coefficient (Wildman–Crippen LogP) is 3.29. The van der Waals surface area contributed by atoms with Crippen molar-refractivity contribution in [2.24, 2.45) is 11.3 Å². The molecule has 1 aromatic rings. The molecule has 16 heavy (non-hydrogen) atoms. The molecule has 1 atom stereocenters. The molecular weight excluding hydrogens is 203 g/mol. The highest BCUT2D eigenvalue weighted by molar-refractivity contribution is 5.86. The number of hydrogen-bond acceptors (Lipinski definition) is 1. The van der Waals surface area contributed by atoms with Crippen LogP contribution in [-0.2, 0) is 11.2 Å². The van der Waals surface area contributed by atoms with Crippen LogP contribution < -0.4 is 0 Å². The zero-order chi connectivity index (χ0) is 11.9. The topological polar surface area (TPSA) is 17.1 Å². The van der Waals surface area contributed by atoms with Crippen molar-refractivity contribution in [2.45, 2.75) is 33.6 Å². The number of hydrogen-bond donors (Lipinski definition) is 0. The summed E-state index contributed by atoms with van der Waals surface area (Å²) in [4.78, 5) is 11.9. The molecule has 1 aliphatic carbocycles. The Kier molecular flexibility index (Phi) is 2.61. The Morgan fingerprint density at radius 1 is 1.50 bits per heavy atom. The molecule has 2 heteroatoms. The van der Waals surface area contributed by atoms with Gasteiger partial charge in [-0.05, 0) is 42.0 Å². The summed E-state index contributed by atoms with van der Waals surface area (Å²) >= 11 is 0. The SMILES string of the molecule is Cc1cc(F)ccc1CC(=O)C1CC1(C)C. The molecule has 0 spiro atoms.